The summed E-state index contributed by atoms with van der Waals surface area (Å²) in [5.41, 5.74) is 1.85. The van der Waals surface area contributed by atoms with Crippen molar-refractivity contribution in [2.45, 2.75) is 38.3 Å². The molecule has 0 spiro atoms. The number of amides is 1. The topological polar surface area (TPSA) is 48.9 Å². The molecule has 1 aromatic carbocycles. The number of benzene rings is 1. The molecular weight excluding hydrogens is 415 g/mol. The van der Waals surface area contributed by atoms with Crippen LogP contribution in [0.5, 0.6) is 5.75 Å². The molecule has 166 valence electrons. The number of piperazine rings is 1. The predicted molar refractivity (Wildman–Crippen MR) is 119 cm³/mol. The van der Waals surface area contributed by atoms with Crippen molar-refractivity contribution in [3.05, 3.63) is 34.6 Å². The van der Waals surface area contributed by atoms with E-state index in [4.69, 9.17) is 9.72 Å². The summed E-state index contributed by atoms with van der Waals surface area (Å²) in [6.07, 6.45) is 4.83. The van der Waals surface area contributed by atoms with E-state index in [1.165, 1.54) is 37.3 Å². The molecule has 1 amide bonds. The fraction of sp³-hybridized carbons (Fsp3) is 0.565. The van der Waals surface area contributed by atoms with E-state index in [9.17, 15) is 9.18 Å². The first-order valence-electron chi connectivity index (χ1n) is 11.2. The van der Waals surface area contributed by atoms with Gasteiger partial charge in [-0.2, -0.15) is 0 Å². The van der Waals surface area contributed by atoms with Crippen molar-refractivity contribution in [3.63, 3.8) is 0 Å². The Bertz CT molecular complexity index is 953. The van der Waals surface area contributed by atoms with Crippen LogP contribution in [0.1, 0.15) is 29.8 Å². The molecule has 0 N–H and O–H groups in total. The van der Waals surface area contributed by atoms with Gasteiger partial charge in [-0.3, -0.25) is 14.6 Å². The fourth-order valence-corrected chi connectivity index (χ4v) is 5.83. The number of ether oxygens (including phenoxy) is 1. The van der Waals surface area contributed by atoms with E-state index in [0.29, 0.717) is 6.54 Å². The van der Waals surface area contributed by atoms with Gasteiger partial charge < -0.3 is 9.64 Å². The summed E-state index contributed by atoms with van der Waals surface area (Å²) in [6.45, 7) is 5.76. The van der Waals surface area contributed by atoms with Crippen LogP contribution in [-0.2, 0) is 17.8 Å². The normalized spacial score (nSPS) is 20.4. The summed E-state index contributed by atoms with van der Waals surface area (Å²) in [4.78, 5) is 25.6. The lowest BCUT2D eigenvalue weighted by Crippen LogP contribution is -2.55. The Morgan fingerprint density at radius 2 is 2.03 bits per heavy atom. The van der Waals surface area contributed by atoms with Crippen LogP contribution < -0.4 is 4.74 Å². The van der Waals surface area contributed by atoms with Gasteiger partial charge in [-0.25, -0.2) is 9.37 Å². The second-order valence-corrected chi connectivity index (χ2v) is 9.78. The van der Waals surface area contributed by atoms with Crippen molar-refractivity contribution in [2.24, 2.45) is 0 Å². The number of rotatable bonds is 5. The lowest BCUT2D eigenvalue weighted by atomic mass is 9.91. The molecule has 8 heteroatoms. The van der Waals surface area contributed by atoms with Gasteiger partial charge in [-0.1, -0.05) is 6.42 Å². The number of aromatic nitrogens is 1. The Morgan fingerprint density at radius 1 is 1.23 bits per heavy atom. The van der Waals surface area contributed by atoms with Crippen LogP contribution in [0, 0.1) is 5.82 Å². The molecule has 1 aromatic heterocycles. The van der Waals surface area contributed by atoms with Crippen LogP contribution >= 0.6 is 11.3 Å². The minimum Gasteiger partial charge on any atom is -0.494 e. The monoisotopic (exact) mass is 444 g/mol. The molecule has 6 nitrogen and oxygen atoms in total. The number of fused-ring (bicyclic) bond motifs is 1. The fourth-order valence-electron chi connectivity index (χ4n) is 4.69. The average molecular weight is 445 g/mol. The molecule has 3 aliphatic rings. The standard InChI is InChI=1S/C23H29FN4O2S/c1-30-20-6-5-16(13-18(20)24)23-25-19-7-8-26(14-21(19)31-23)15-22(29)28-11-9-27(10-12-28)17-3-2-4-17/h5-6,13,17H,2-4,7-12,14-15H2,1H3. The second-order valence-electron chi connectivity index (χ2n) is 8.70. The van der Waals surface area contributed by atoms with Crippen molar-refractivity contribution >= 4 is 17.2 Å². The molecule has 0 radical (unpaired) electrons. The first-order valence-corrected chi connectivity index (χ1v) is 12.0. The number of carbonyl (C=O) groups is 1. The second kappa shape index (κ2) is 8.84. The summed E-state index contributed by atoms with van der Waals surface area (Å²) in [6, 6.07) is 5.72. The van der Waals surface area contributed by atoms with Gasteiger partial charge in [-0.15, -0.1) is 11.3 Å². The quantitative estimate of drug-likeness (QED) is 0.710. The summed E-state index contributed by atoms with van der Waals surface area (Å²) in [5, 5.41) is 0.826. The highest BCUT2D eigenvalue weighted by atomic mass is 32.1. The molecule has 2 aromatic rings. The van der Waals surface area contributed by atoms with E-state index in [1.807, 2.05) is 11.0 Å². The van der Waals surface area contributed by atoms with Crippen molar-refractivity contribution < 1.29 is 13.9 Å². The predicted octanol–water partition coefficient (Wildman–Crippen LogP) is 3.01. The van der Waals surface area contributed by atoms with Crippen molar-refractivity contribution in [2.75, 3.05) is 46.4 Å². The highest BCUT2D eigenvalue weighted by Crippen LogP contribution is 2.33. The summed E-state index contributed by atoms with van der Waals surface area (Å²) in [7, 11) is 1.46. The maximum atomic E-state index is 14.1. The zero-order valence-corrected chi connectivity index (χ0v) is 18.8. The third kappa shape index (κ3) is 4.33. The van der Waals surface area contributed by atoms with E-state index >= 15 is 0 Å². The lowest BCUT2D eigenvalue weighted by molar-refractivity contribution is -0.135. The van der Waals surface area contributed by atoms with E-state index in [1.54, 1.807) is 17.4 Å². The number of halogens is 1. The molecule has 31 heavy (non-hydrogen) atoms. The molecule has 0 atom stereocenters. The van der Waals surface area contributed by atoms with E-state index in [-0.39, 0.29) is 17.5 Å². The van der Waals surface area contributed by atoms with Crippen LogP contribution in [-0.4, -0.2) is 78.0 Å². The number of carbonyl (C=O) groups excluding carboxylic acids is 1. The van der Waals surface area contributed by atoms with Crippen LogP contribution in [0.15, 0.2) is 18.2 Å². The molecular formula is C23H29FN4O2S. The average Bonchev–Trinajstić information content (AvgIpc) is 3.16. The molecule has 3 heterocycles. The lowest BCUT2D eigenvalue weighted by Gasteiger charge is -2.43. The smallest absolute Gasteiger partial charge is 0.236 e. The largest absolute Gasteiger partial charge is 0.494 e. The number of hydrogen-bond donors (Lipinski definition) is 0. The van der Waals surface area contributed by atoms with E-state index in [0.717, 1.165) is 68.0 Å². The number of nitrogens with zero attached hydrogens (tertiary/aromatic N) is 4. The highest BCUT2D eigenvalue weighted by molar-refractivity contribution is 7.15. The van der Waals surface area contributed by atoms with Gasteiger partial charge in [0, 0.05) is 62.2 Å². The van der Waals surface area contributed by atoms with Gasteiger partial charge in [-0.05, 0) is 31.0 Å². The molecule has 2 fully saturated rings. The Balaban J connectivity index is 1.18. The first kappa shape index (κ1) is 20.8. The molecule has 0 bridgehead atoms. The first-order chi connectivity index (χ1) is 15.1. The zero-order valence-electron chi connectivity index (χ0n) is 18.0. The molecule has 1 aliphatic carbocycles. The van der Waals surface area contributed by atoms with Gasteiger partial charge in [0.25, 0.3) is 0 Å². The molecule has 1 saturated carbocycles. The number of methoxy groups -OCH3 is 1. The van der Waals surface area contributed by atoms with Crippen LogP contribution in [0.2, 0.25) is 0 Å². The van der Waals surface area contributed by atoms with Crippen LogP contribution in [0.4, 0.5) is 4.39 Å². The van der Waals surface area contributed by atoms with Gasteiger partial charge >= 0.3 is 0 Å². The Labute approximate surface area is 186 Å². The maximum absolute atomic E-state index is 14.1. The van der Waals surface area contributed by atoms with E-state index < -0.39 is 0 Å². The Kier molecular flexibility index (Phi) is 5.95. The summed E-state index contributed by atoms with van der Waals surface area (Å²) < 4.78 is 19.1. The van der Waals surface area contributed by atoms with Crippen molar-refractivity contribution in [1.82, 2.24) is 19.7 Å². The summed E-state index contributed by atoms with van der Waals surface area (Å²) >= 11 is 1.60. The maximum Gasteiger partial charge on any atom is 0.236 e. The highest BCUT2D eigenvalue weighted by Gasteiger charge is 2.30. The molecule has 1 saturated heterocycles. The summed E-state index contributed by atoms with van der Waals surface area (Å²) in [5.74, 6) is 0.0970. The minimum absolute atomic E-state index is 0.235. The van der Waals surface area contributed by atoms with E-state index in [2.05, 4.69) is 9.80 Å². The number of hydrogen-bond acceptors (Lipinski definition) is 6. The Hall–Kier alpha value is -2.03. The number of thiazole rings is 1. The van der Waals surface area contributed by atoms with Crippen LogP contribution in [0.3, 0.4) is 0 Å². The minimum atomic E-state index is -0.377. The Morgan fingerprint density at radius 3 is 2.71 bits per heavy atom. The van der Waals surface area contributed by atoms with Gasteiger partial charge in [0.1, 0.15) is 5.01 Å². The third-order valence-corrected chi connectivity index (χ3v) is 7.96. The van der Waals surface area contributed by atoms with Crippen LogP contribution in [0.25, 0.3) is 10.6 Å². The van der Waals surface area contributed by atoms with Gasteiger partial charge in [0.15, 0.2) is 11.6 Å². The third-order valence-electron chi connectivity index (χ3n) is 6.83. The van der Waals surface area contributed by atoms with Crippen molar-refractivity contribution in [3.8, 4) is 16.3 Å². The van der Waals surface area contributed by atoms with Crippen molar-refractivity contribution in [1.29, 1.82) is 0 Å². The molecule has 5 rings (SSSR count). The SMILES string of the molecule is COc1ccc(-c2nc3c(s2)CN(CC(=O)N2CCN(C4CCC4)CC2)CC3)cc1F. The molecule has 2 aliphatic heterocycles. The van der Waals surface area contributed by atoms with Gasteiger partial charge in [0.2, 0.25) is 5.91 Å². The molecule has 0 unspecified atom stereocenters. The zero-order chi connectivity index (χ0) is 21.4. The van der Waals surface area contributed by atoms with Gasteiger partial charge in [0.05, 0.1) is 19.3 Å².